The fraction of sp³-hybridized carbons (Fsp3) is 0. The van der Waals surface area contributed by atoms with Gasteiger partial charge in [0.1, 0.15) is 0 Å². The monoisotopic (exact) mass is 830 g/mol. The van der Waals surface area contributed by atoms with Crippen molar-refractivity contribution in [3.63, 3.8) is 0 Å². The summed E-state index contributed by atoms with van der Waals surface area (Å²) < 4.78 is 0. The summed E-state index contributed by atoms with van der Waals surface area (Å²) in [5, 5.41) is 12.6. The van der Waals surface area contributed by atoms with Gasteiger partial charge in [0.25, 0.3) is 0 Å². The molecule has 0 aliphatic heterocycles. The van der Waals surface area contributed by atoms with Gasteiger partial charge in [-0.05, 0) is 150 Å². The first kappa shape index (κ1) is 37.1. The van der Waals surface area contributed by atoms with E-state index >= 15 is 0 Å². The Labute approximate surface area is 380 Å². The van der Waals surface area contributed by atoms with E-state index < -0.39 is 0 Å². The summed E-state index contributed by atoms with van der Waals surface area (Å²) in [5.74, 6) is 27.2. The minimum absolute atomic E-state index is 0.221. The maximum absolute atomic E-state index is 14.8. The van der Waals surface area contributed by atoms with Crippen molar-refractivity contribution in [2.45, 2.75) is 0 Å². The molecule has 0 N–H and O–H groups in total. The SMILES string of the molecule is O=C1c2cccc3c2C(=O)c2c(cccc21)C#Cc1cccc2cc4cccc(c4cc12)C#Cc1cccc2cc4cccc(c4cc12)C#Cc1cccc2cc4cccc(c4cc12)C#C3. The van der Waals surface area contributed by atoms with Crippen molar-refractivity contribution in [3.8, 4) is 47.4 Å². The first-order chi connectivity index (χ1) is 32.5. The summed E-state index contributed by atoms with van der Waals surface area (Å²) in [6, 6.07) is 61.0. The second-order valence-corrected chi connectivity index (χ2v) is 16.8. The molecule has 66 heavy (non-hydrogen) atoms. The molecule has 0 saturated carbocycles. The fourth-order valence-corrected chi connectivity index (χ4v) is 9.80. The van der Waals surface area contributed by atoms with Crippen LogP contribution in [-0.4, -0.2) is 11.6 Å². The average Bonchev–Trinajstić information content (AvgIpc) is 3.35. The summed E-state index contributed by atoms with van der Waals surface area (Å²) in [7, 11) is 0. The van der Waals surface area contributed by atoms with Crippen LogP contribution in [0.1, 0.15) is 76.4 Å². The molecular weight excluding hydrogens is 801 g/mol. The van der Waals surface area contributed by atoms with E-state index in [-0.39, 0.29) is 11.6 Å². The number of rotatable bonds is 0. The lowest BCUT2D eigenvalue weighted by atomic mass is 9.80. The Bertz CT molecular complexity index is 4070. The standard InChI is InChI=1S/C64H30O2/c65-63-53-23-7-15-45-31-29-43-13-5-21-51-34-49-19-3-11-41(57(49)37-59(43)51)27-25-39-9-1-17-47-33-48-18-2-10-40(56(48)36-55(39)47)26-28-42-12-4-20-50-35-52-22-6-14-44(60(52)38-58(42)50)30-32-46-16-8-24-54(63)62(46)64(66)61(45)53/h1-24,33-38H. The predicted octanol–water partition coefficient (Wildman–Crippen LogP) is 13.3. The minimum atomic E-state index is -0.264. The number of carbonyl (C=O) groups is 2. The van der Waals surface area contributed by atoms with Crippen LogP contribution in [0.5, 0.6) is 0 Å². The van der Waals surface area contributed by atoms with Gasteiger partial charge in [0, 0.05) is 66.8 Å². The van der Waals surface area contributed by atoms with Crippen molar-refractivity contribution in [1.29, 1.82) is 0 Å². The third-order valence-corrected chi connectivity index (χ3v) is 13.0. The van der Waals surface area contributed by atoms with E-state index in [1.54, 1.807) is 24.3 Å². The number of hydrogen-bond donors (Lipinski definition) is 0. The molecule has 0 atom stereocenters. The molecule has 2 aliphatic rings. The van der Waals surface area contributed by atoms with E-state index in [9.17, 15) is 9.59 Å². The van der Waals surface area contributed by atoms with Crippen LogP contribution in [0, 0.1) is 47.4 Å². The smallest absolute Gasteiger partial charge is 0.197 e. The minimum Gasteiger partial charge on any atom is -0.289 e. The zero-order valence-electron chi connectivity index (χ0n) is 35.1. The first-order valence-electron chi connectivity index (χ1n) is 21.8. The zero-order valence-corrected chi connectivity index (χ0v) is 35.1. The van der Waals surface area contributed by atoms with Gasteiger partial charge in [-0.25, -0.2) is 0 Å². The highest BCUT2D eigenvalue weighted by atomic mass is 16.1. The largest absolute Gasteiger partial charge is 0.289 e. The molecule has 0 heterocycles. The summed E-state index contributed by atoms with van der Waals surface area (Å²) in [6.45, 7) is 0. The van der Waals surface area contributed by atoms with Gasteiger partial charge in [0.15, 0.2) is 11.6 Å². The summed E-state index contributed by atoms with van der Waals surface area (Å²) in [4.78, 5) is 29.0. The second kappa shape index (κ2) is 14.6. The predicted molar refractivity (Wildman–Crippen MR) is 268 cm³/mol. The zero-order chi connectivity index (χ0) is 43.9. The molecule has 2 aliphatic carbocycles. The van der Waals surface area contributed by atoms with Crippen molar-refractivity contribution >= 4 is 76.2 Å². The van der Waals surface area contributed by atoms with Gasteiger partial charge in [0.2, 0.25) is 0 Å². The topological polar surface area (TPSA) is 34.1 Å². The van der Waals surface area contributed by atoms with E-state index in [0.717, 1.165) is 98.0 Å². The highest BCUT2D eigenvalue weighted by Gasteiger charge is 2.33. The third-order valence-electron chi connectivity index (χ3n) is 13.0. The number of hydrogen-bond acceptors (Lipinski definition) is 2. The van der Waals surface area contributed by atoms with Crippen molar-refractivity contribution in [2.75, 3.05) is 0 Å². The van der Waals surface area contributed by atoms with Gasteiger partial charge in [-0.15, -0.1) is 0 Å². The molecule has 13 rings (SSSR count). The lowest BCUT2D eigenvalue weighted by molar-refractivity contribution is 0.0978. The molecular formula is C64H30O2. The Kier molecular flexibility index (Phi) is 8.20. The van der Waals surface area contributed by atoms with Crippen LogP contribution in [0.25, 0.3) is 64.6 Å². The maximum Gasteiger partial charge on any atom is 0.197 e. The van der Waals surface area contributed by atoms with Crippen molar-refractivity contribution in [2.24, 2.45) is 0 Å². The van der Waals surface area contributed by atoms with E-state index in [1.807, 2.05) is 36.4 Å². The molecule has 0 fully saturated rings. The fourth-order valence-electron chi connectivity index (χ4n) is 9.80. The lowest BCUT2D eigenvalue weighted by Crippen LogP contribution is -2.23. The van der Waals surface area contributed by atoms with Crippen molar-refractivity contribution in [1.82, 2.24) is 0 Å². The van der Waals surface area contributed by atoms with E-state index in [4.69, 9.17) is 0 Å². The van der Waals surface area contributed by atoms with Crippen LogP contribution in [0.3, 0.4) is 0 Å². The molecule has 8 bridgehead atoms. The van der Waals surface area contributed by atoms with Crippen molar-refractivity contribution < 1.29 is 9.59 Å². The summed E-state index contributed by atoms with van der Waals surface area (Å²) in [6.07, 6.45) is 0. The first-order valence-corrected chi connectivity index (χ1v) is 21.8. The van der Waals surface area contributed by atoms with E-state index in [1.165, 1.54) is 0 Å². The quantitative estimate of drug-likeness (QED) is 0.113. The summed E-state index contributed by atoms with van der Waals surface area (Å²) >= 11 is 0. The van der Waals surface area contributed by atoms with Crippen LogP contribution >= 0.6 is 0 Å². The van der Waals surface area contributed by atoms with Gasteiger partial charge in [0.05, 0.1) is 0 Å². The molecule has 0 saturated heterocycles. The molecule has 11 aromatic rings. The Morgan fingerprint density at radius 3 is 0.727 bits per heavy atom. The highest BCUT2D eigenvalue weighted by Crippen LogP contribution is 2.34. The second-order valence-electron chi connectivity index (χ2n) is 16.8. The Balaban J connectivity index is 1.08. The number of benzene rings is 11. The summed E-state index contributed by atoms with van der Waals surface area (Å²) in [5.41, 5.74) is 7.56. The molecule has 2 nitrogen and oxygen atoms in total. The molecule has 0 radical (unpaired) electrons. The van der Waals surface area contributed by atoms with Crippen LogP contribution in [0.2, 0.25) is 0 Å². The maximum atomic E-state index is 14.8. The van der Waals surface area contributed by atoms with Crippen molar-refractivity contribution in [3.05, 3.63) is 249 Å². The molecule has 0 aromatic heterocycles. The Morgan fingerprint density at radius 2 is 0.455 bits per heavy atom. The van der Waals surface area contributed by atoms with Crippen LogP contribution in [0.15, 0.2) is 182 Å². The molecule has 0 unspecified atom stereocenters. The van der Waals surface area contributed by atoms with Gasteiger partial charge in [-0.3, -0.25) is 9.59 Å². The van der Waals surface area contributed by atoms with Crippen LogP contribution in [0.4, 0.5) is 0 Å². The Morgan fingerprint density at radius 1 is 0.227 bits per heavy atom. The van der Waals surface area contributed by atoms with Crippen LogP contribution < -0.4 is 0 Å². The molecule has 298 valence electrons. The Hall–Kier alpha value is -9.44. The van der Waals surface area contributed by atoms with E-state index in [0.29, 0.717) is 33.4 Å². The lowest BCUT2D eigenvalue weighted by Gasteiger charge is -2.19. The average molecular weight is 831 g/mol. The van der Waals surface area contributed by atoms with Gasteiger partial charge >= 0.3 is 0 Å². The molecule has 11 aromatic carbocycles. The van der Waals surface area contributed by atoms with Gasteiger partial charge < -0.3 is 0 Å². The van der Waals surface area contributed by atoms with E-state index in [2.05, 4.69) is 169 Å². The number of ketones is 2. The molecule has 0 amide bonds. The van der Waals surface area contributed by atoms with Gasteiger partial charge in [-0.1, -0.05) is 144 Å². The number of carbonyl (C=O) groups excluding carboxylic acids is 2. The normalized spacial score (nSPS) is 12.3. The van der Waals surface area contributed by atoms with Crippen LogP contribution in [-0.2, 0) is 0 Å². The van der Waals surface area contributed by atoms with Gasteiger partial charge in [-0.2, -0.15) is 0 Å². The molecule has 2 heteroatoms. The molecule has 0 spiro atoms. The highest BCUT2D eigenvalue weighted by molar-refractivity contribution is 6.30. The third kappa shape index (κ3) is 5.92.